The van der Waals surface area contributed by atoms with Crippen LogP contribution in [0.15, 0.2) is 47.5 Å². The van der Waals surface area contributed by atoms with Gasteiger partial charge in [-0.05, 0) is 42.8 Å². The van der Waals surface area contributed by atoms with E-state index in [0.717, 1.165) is 0 Å². The summed E-state index contributed by atoms with van der Waals surface area (Å²) in [7, 11) is -3.75. The summed E-state index contributed by atoms with van der Waals surface area (Å²) in [6, 6.07) is 9.25. The van der Waals surface area contributed by atoms with E-state index in [9.17, 15) is 13.2 Å². The van der Waals surface area contributed by atoms with Crippen LogP contribution in [-0.4, -0.2) is 19.3 Å². The van der Waals surface area contributed by atoms with Crippen LogP contribution in [0.3, 0.4) is 0 Å². The Morgan fingerprint density at radius 2 is 2.00 bits per heavy atom. The van der Waals surface area contributed by atoms with Crippen LogP contribution in [0.4, 0.5) is 5.69 Å². The lowest BCUT2D eigenvalue weighted by atomic mass is 10.2. The second-order valence-electron chi connectivity index (χ2n) is 4.19. The van der Waals surface area contributed by atoms with Crippen molar-refractivity contribution in [3.8, 4) is 0 Å². The Morgan fingerprint density at radius 1 is 1.25 bits per heavy atom. The molecule has 0 saturated carbocycles. The third-order valence-corrected chi connectivity index (χ3v) is 3.58. The van der Waals surface area contributed by atoms with Gasteiger partial charge in [0.05, 0.1) is 4.90 Å². The number of nitrogens with zero attached hydrogens (tertiary/aromatic N) is 1. The molecule has 0 unspecified atom stereocenters. The number of primary sulfonamides is 1. The SMILES string of the molecule is Cc1cc(S(N)(=O)=O)ccc1NC(=O)c1ccccn1. The van der Waals surface area contributed by atoms with E-state index in [4.69, 9.17) is 5.14 Å². The van der Waals surface area contributed by atoms with Gasteiger partial charge in [-0.25, -0.2) is 13.6 Å². The molecule has 1 aromatic heterocycles. The molecule has 1 amide bonds. The molecule has 2 rings (SSSR count). The quantitative estimate of drug-likeness (QED) is 0.889. The monoisotopic (exact) mass is 291 g/mol. The Balaban J connectivity index is 2.25. The molecule has 1 heterocycles. The minimum atomic E-state index is -3.75. The summed E-state index contributed by atoms with van der Waals surface area (Å²) in [5, 5.41) is 7.71. The number of carbonyl (C=O) groups is 1. The predicted octanol–water partition coefficient (Wildman–Crippen LogP) is 1.29. The molecule has 0 aliphatic carbocycles. The number of hydrogen-bond acceptors (Lipinski definition) is 4. The van der Waals surface area contributed by atoms with Gasteiger partial charge in [-0.1, -0.05) is 6.07 Å². The van der Waals surface area contributed by atoms with Crippen LogP contribution in [0.25, 0.3) is 0 Å². The maximum absolute atomic E-state index is 11.9. The lowest BCUT2D eigenvalue weighted by Gasteiger charge is -2.09. The summed E-state index contributed by atoms with van der Waals surface area (Å²) in [6.07, 6.45) is 1.52. The molecule has 1 aromatic carbocycles. The second-order valence-corrected chi connectivity index (χ2v) is 5.75. The Kier molecular flexibility index (Phi) is 3.82. The Labute approximate surface area is 116 Å². The summed E-state index contributed by atoms with van der Waals surface area (Å²) < 4.78 is 22.4. The summed E-state index contributed by atoms with van der Waals surface area (Å²) in [4.78, 5) is 15.9. The van der Waals surface area contributed by atoms with Crippen molar-refractivity contribution >= 4 is 21.6 Å². The summed E-state index contributed by atoms with van der Waals surface area (Å²) >= 11 is 0. The highest BCUT2D eigenvalue weighted by Gasteiger charge is 2.12. The maximum atomic E-state index is 11.9. The number of benzene rings is 1. The molecule has 0 spiro atoms. The number of sulfonamides is 1. The molecule has 20 heavy (non-hydrogen) atoms. The van der Waals surface area contributed by atoms with Crippen LogP contribution in [0, 0.1) is 6.92 Å². The molecule has 0 saturated heterocycles. The average molecular weight is 291 g/mol. The van der Waals surface area contributed by atoms with E-state index in [1.165, 1.54) is 24.4 Å². The second kappa shape index (κ2) is 5.40. The van der Waals surface area contributed by atoms with Crippen LogP contribution >= 0.6 is 0 Å². The molecule has 3 N–H and O–H groups in total. The number of aromatic nitrogens is 1. The van der Waals surface area contributed by atoms with E-state index in [0.29, 0.717) is 11.3 Å². The number of pyridine rings is 1. The number of aryl methyl sites for hydroxylation is 1. The molecular formula is C13H13N3O3S. The van der Waals surface area contributed by atoms with Crippen LogP contribution < -0.4 is 10.5 Å². The van der Waals surface area contributed by atoms with Crippen molar-refractivity contribution in [1.29, 1.82) is 0 Å². The zero-order valence-corrected chi connectivity index (χ0v) is 11.5. The molecule has 2 aromatic rings. The van der Waals surface area contributed by atoms with E-state index in [-0.39, 0.29) is 16.5 Å². The molecule has 7 heteroatoms. The third kappa shape index (κ3) is 3.19. The molecule has 0 bridgehead atoms. The van der Waals surface area contributed by atoms with Gasteiger partial charge in [-0.3, -0.25) is 9.78 Å². The van der Waals surface area contributed by atoms with Crippen molar-refractivity contribution in [1.82, 2.24) is 4.98 Å². The number of rotatable bonds is 3. The van der Waals surface area contributed by atoms with Crippen molar-refractivity contribution in [2.24, 2.45) is 5.14 Å². The van der Waals surface area contributed by atoms with Gasteiger partial charge < -0.3 is 5.32 Å². The maximum Gasteiger partial charge on any atom is 0.274 e. The largest absolute Gasteiger partial charge is 0.320 e. The minimum Gasteiger partial charge on any atom is -0.320 e. The smallest absolute Gasteiger partial charge is 0.274 e. The van der Waals surface area contributed by atoms with E-state index < -0.39 is 10.0 Å². The zero-order valence-electron chi connectivity index (χ0n) is 10.7. The van der Waals surface area contributed by atoms with Crippen LogP contribution in [0.1, 0.15) is 16.1 Å². The fraction of sp³-hybridized carbons (Fsp3) is 0.0769. The van der Waals surface area contributed by atoms with Crippen molar-refractivity contribution < 1.29 is 13.2 Å². The number of hydrogen-bond donors (Lipinski definition) is 2. The fourth-order valence-corrected chi connectivity index (χ4v) is 2.24. The summed E-state index contributed by atoms with van der Waals surface area (Å²) in [5.74, 6) is -0.364. The van der Waals surface area contributed by atoms with Gasteiger partial charge in [0, 0.05) is 11.9 Å². The van der Waals surface area contributed by atoms with Gasteiger partial charge in [-0.15, -0.1) is 0 Å². The van der Waals surface area contributed by atoms with Gasteiger partial charge in [-0.2, -0.15) is 0 Å². The summed E-state index contributed by atoms with van der Waals surface area (Å²) in [6.45, 7) is 1.68. The van der Waals surface area contributed by atoms with Crippen molar-refractivity contribution in [2.75, 3.05) is 5.32 Å². The topological polar surface area (TPSA) is 102 Å². The van der Waals surface area contributed by atoms with Gasteiger partial charge in [0.1, 0.15) is 5.69 Å². The van der Waals surface area contributed by atoms with Crippen molar-refractivity contribution in [3.05, 3.63) is 53.9 Å². The zero-order chi connectivity index (χ0) is 14.8. The molecule has 0 fully saturated rings. The number of anilines is 1. The molecule has 104 valence electrons. The molecule has 0 radical (unpaired) electrons. The minimum absolute atomic E-state index is 0.00540. The van der Waals surface area contributed by atoms with E-state index in [1.807, 2.05) is 0 Å². The Hall–Kier alpha value is -2.25. The van der Waals surface area contributed by atoms with Gasteiger partial charge >= 0.3 is 0 Å². The van der Waals surface area contributed by atoms with Crippen molar-refractivity contribution in [2.45, 2.75) is 11.8 Å². The highest BCUT2D eigenvalue weighted by atomic mass is 32.2. The van der Waals surface area contributed by atoms with Crippen LogP contribution in [0.2, 0.25) is 0 Å². The first kappa shape index (κ1) is 14.2. The highest BCUT2D eigenvalue weighted by Crippen LogP contribution is 2.19. The highest BCUT2D eigenvalue weighted by molar-refractivity contribution is 7.89. The fourth-order valence-electron chi connectivity index (χ4n) is 1.64. The molecule has 0 aliphatic rings. The summed E-state index contributed by atoms with van der Waals surface area (Å²) in [5.41, 5.74) is 1.39. The standard InChI is InChI=1S/C13H13N3O3S/c1-9-8-10(20(14,18)19)5-6-11(9)16-13(17)12-4-2-3-7-15-12/h2-8H,1H3,(H,16,17)(H2,14,18,19). The normalized spacial score (nSPS) is 11.1. The average Bonchev–Trinajstić information content (AvgIpc) is 2.41. The number of nitrogens with two attached hydrogens (primary N) is 1. The van der Waals surface area contributed by atoms with Crippen LogP contribution in [-0.2, 0) is 10.0 Å². The van der Waals surface area contributed by atoms with E-state index in [1.54, 1.807) is 25.1 Å². The Morgan fingerprint density at radius 3 is 2.55 bits per heavy atom. The molecule has 0 atom stereocenters. The number of nitrogens with one attached hydrogen (secondary N) is 1. The predicted molar refractivity (Wildman–Crippen MR) is 74.7 cm³/mol. The molecule has 6 nitrogen and oxygen atoms in total. The number of amides is 1. The van der Waals surface area contributed by atoms with Crippen molar-refractivity contribution in [3.63, 3.8) is 0 Å². The van der Waals surface area contributed by atoms with Gasteiger partial charge in [0.15, 0.2) is 0 Å². The third-order valence-electron chi connectivity index (χ3n) is 2.67. The Bertz CT molecular complexity index is 743. The molecule has 0 aliphatic heterocycles. The van der Waals surface area contributed by atoms with Gasteiger partial charge in [0.2, 0.25) is 10.0 Å². The first-order valence-corrected chi connectivity index (χ1v) is 7.28. The molecular weight excluding hydrogens is 278 g/mol. The van der Waals surface area contributed by atoms with Crippen LogP contribution in [0.5, 0.6) is 0 Å². The first-order valence-electron chi connectivity index (χ1n) is 5.74. The lowest BCUT2D eigenvalue weighted by Crippen LogP contribution is -2.15. The van der Waals surface area contributed by atoms with E-state index >= 15 is 0 Å². The van der Waals surface area contributed by atoms with Gasteiger partial charge in [0.25, 0.3) is 5.91 Å². The first-order chi connectivity index (χ1) is 9.38. The lowest BCUT2D eigenvalue weighted by molar-refractivity contribution is 0.102. The van der Waals surface area contributed by atoms with E-state index in [2.05, 4.69) is 10.3 Å². The number of carbonyl (C=O) groups excluding carboxylic acids is 1.